The zero-order chi connectivity index (χ0) is 20.3. The van der Waals surface area contributed by atoms with E-state index in [1.165, 1.54) is 5.56 Å². The molecule has 2 aromatic carbocycles. The fourth-order valence-corrected chi connectivity index (χ4v) is 4.15. The number of amides is 1. The minimum absolute atomic E-state index is 0.230. The lowest BCUT2D eigenvalue weighted by Gasteiger charge is -2.36. The predicted octanol–water partition coefficient (Wildman–Crippen LogP) is 5.04. The lowest BCUT2D eigenvalue weighted by Crippen LogP contribution is -2.49. The molecule has 4 rings (SSSR count). The third-order valence-electron chi connectivity index (χ3n) is 5.89. The van der Waals surface area contributed by atoms with Gasteiger partial charge in [0.1, 0.15) is 12.3 Å². The Bertz CT molecular complexity index is 823. The van der Waals surface area contributed by atoms with E-state index in [1.807, 2.05) is 42.5 Å². The third-order valence-corrected chi connectivity index (χ3v) is 6.42. The van der Waals surface area contributed by atoms with Crippen LogP contribution in [0.3, 0.4) is 0 Å². The number of likely N-dealkylation sites (tertiary alicyclic amines) is 1. The molecule has 2 aromatic rings. The van der Waals surface area contributed by atoms with Gasteiger partial charge in [0.05, 0.1) is 0 Å². The van der Waals surface area contributed by atoms with Gasteiger partial charge in [0.15, 0.2) is 0 Å². The van der Waals surface area contributed by atoms with Crippen molar-refractivity contribution in [2.45, 2.75) is 43.5 Å². The lowest BCUT2D eigenvalue weighted by molar-refractivity contribution is 0.0408. The molecular weight excluding hydrogens is 435 g/mol. The number of benzene rings is 2. The highest BCUT2D eigenvalue weighted by atomic mass is 79.9. The molecular formula is C23H26BrFN2O2. The number of alkyl halides is 1. The maximum Gasteiger partial charge on any atom is 0.410 e. The molecule has 1 heterocycles. The Morgan fingerprint density at radius 3 is 2.52 bits per heavy atom. The molecule has 2 fully saturated rings. The molecule has 154 valence electrons. The Morgan fingerprint density at radius 1 is 1.14 bits per heavy atom. The summed E-state index contributed by atoms with van der Waals surface area (Å²) in [5.74, 6) is 0.494. The molecule has 2 aliphatic rings. The second kappa shape index (κ2) is 8.84. The second-order valence-electron chi connectivity index (χ2n) is 8.06. The van der Waals surface area contributed by atoms with Crippen molar-refractivity contribution in [3.05, 3.63) is 70.2 Å². The van der Waals surface area contributed by atoms with Crippen LogP contribution in [0.2, 0.25) is 0 Å². The molecule has 1 saturated carbocycles. The van der Waals surface area contributed by atoms with Gasteiger partial charge in [-0.1, -0.05) is 58.4 Å². The molecule has 1 saturated heterocycles. The molecule has 1 N–H and O–H groups in total. The van der Waals surface area contributed by atoms with E-state index in [2.05, 4.69) is 33.4 Å². The summed E-state index contributed by atoms with van der Waals surface area (Å²) in [4.78, 5) is 13.9. The van der Waals surface area contributed by atoms with E-state index in [-0.39, 0.29) is 12.7 Å². The van der Waals surface area contributed by atoms with Crippen LogP contribution < -0.4 is 5.32 Å². The normalized spacial score (nSPS) is 22.9. The van der Waals surface area contributed by atoms with E-state index in [0.29, 0.717) is 44.4 Å². The maximum absolute atomic E-state index is 15.2. The van der Waals surface area contributed by atoms with Crippen LogP contribution >= 0.6 is 15.9 Å². The summed E-state index contributed by atoms with van der Waals surface area (Å²) in [6, 6.07) is 18.4. The van der Waals surface area contributed by atoms with Crippen LogP contribution in [0.5, 0.6) is 0 Å². The summed E-state index contributed by atoms with van der Waals surface area (Å²) < 4.78 is 21.5. The highest BCUT2D eigenvalue weighted by molar-refractivity contribution is 9.10. The zero-order valence-electron chi connectivity index (χ0n) is 16.3. The summed E-state index contributed by atoms with van der Waals surface area (Å²) in [5, 5.41) is 3.40. The summed E-state index contributed by atoms with van der Waals surface area (Å²) >= 11 is 3.38. The van der Waals surface area contributed by atoms with Crippen LogP contribution in [0.4, 0.5) is 9.18 Å². The van der Waals surface area contributed by atoms with Crippen molar-refractivity contribution in [1.29, 1.82) is 0 Å². The number of carbonyl (C=O) groups excluding carboxylic acids is 1. The van der Waals surface area contributed by atoms with Crippen molar-refractivity contribution in [2.24, 2.45) is 0 Å². The number of piperidine rings is 1. The smallest absolute Gasteiger partial charge is 0.410 e. The first-order valence-corrected chi connectivity index (χ1v) is 11.0. The van der Waals surface area contributed by atoms with Crippen molar-refractivity contribution in [3.8, 4) is 0 Å². The van der Waals surface area contributed by atoms with E-state index in [4.69, 9.17) is 4.74 Å². The molecule has 2 atom stereocenters. The molecule has 4 nitrogen and oxygen atoms in total. The largest absolute Gasteiger partial charge is 0.445 e. The fraction of sp³-hybridized carbons (Fsp3) is 0.435. The van der Waals surface area contributed by atoms with Gasteiger partial charge in [0.2, 0.25) is 0 Å². The first-order chi connectivity index (χ1) is 14.0. The Labute approximate surface area is 179 Å². The quantitative estimate of drug-likeness (QED) is 0.656. The Hall–Kier alpha value is -1.92. The molecule has 1 aliphatic carbocycles. The van der Waals surface area contributed by atoms with Crippen molar-refractivity contribution in [1.82, 2.24) is 10.2 Å². The Kier molecular flexibility index (Phi) is 6.20. The van der Waals surface area contributed by atoms with Crippen LogP contribution in [-0.4, -0.2) is 42.3 Å². The van der Waals surface area contributed by atoms with Gasteiger partial charge in [-0.15, -0.1) is 0 Å². The number of hydrogen-bond donors (Lipinski definition) is 1. The summed E-state index contributed by atoms with van der Waals surface area (Å²) in [6.45, 7) is 1.37. The third kappa shape index (κ3) is 5.37. The molecule has 0 spiro atoms. The lowest BCUT2D eigenvalue weighted by atomic mass is 9.93. The fourth-order valence-electron chi connectivity index (χ4n) is 3.89. The van der Waals surface area contributed by atoms with Gasteiger partial charge >= 0.3 is 6.09 Å². The van der Waals surface area contributed by atoms with E-state index in [0.717, 1.165) is 16.5 Å². The number of halogens is 2. The SMILES string of the molecule is O=C(OCc1ccc(Br)cc1)N1CCC(F)(CNC2CC2c2ccccc2)CC1. The van der Waals surface area contributed by atoms with Crippen LogP contribution in [0.1, 0.15) is 36.3 Å². The number of carbonyl (C=O) groups is 1. The maximum atomic E-state index is 15.2. The van der Waals surface area contributed by atoms with Gasteiger partial charge in [-0.2, -0.15) is 0 Å². The second-order valence-corrected chi connectivity index (χ2v) is 8.97. The van der Waals surface area contributed by atoms with Crippen molar-refractivity contribution >= 4 is 22.0 Å². The molecule has 1 aliphatic heterocycles. The number of ether oxygens (including phenoxy) is 1. The number of nitrogens with zero attached hydrogens (tertiary/aromatic N) is 1. The molecule has 6 heteroatoms. The minimum atomic E-state index is -1.26. The van der Waals surface area contributed by atoms with E-state index < -0.39 is 5.67 Å². The monoisotopic (exact) mass is 460 g/mol. The number of rotatable bonds is 6. The zero-order valence-corrected chi connectivity index (χ0v) is 17.9. The molecule has 2 unspecified atom stereocenters. The molecule has 1 amide bonds. The average molecular weight is 461 g/mol. The standard InChI is InChI=1S/C23H26BrFN2O2/c24-19-8-6-17(7-9-19)15-29-22(28)27-12-10-23(25,11-13-27)16-26-21-14-20(21)18-4-2-1-3-5-18/h1-9,20-21,26H,10-16H2. The summed E-state index contributed by atoms with van der Waals surface area (Å²) in [7, 11) is 0. The van der Waals surface area contributed by atoms with Gasteiger partial charge in [0, 0.05) is 48.9 Å². The predicted molar refractivity (Wildman–Crippen MR) is 115 cm³/mol. The molecule has 0 radical (unpaired) electrons. The number of nitrogens with one attached hydrogen (secondary N) is 1. The first kappa shape index (κ1) is 20.4. The highest BCUT2D eigenvalue weighted by Gasteiger charge is 2.42. The van der Waals surface area contributed by atoms with Gasteiger partial charge < -0.3 is 15.0 Å². The topological polar surface area (TPSA) is 41.6 Å². The average Bonchev–Trinajstić information content (AvgIpc) is 3.53. The van der Waals surface area contributed by atoms with E-state index >= 15 is 4.39 Å². The van der Waals surface area contributed by atoms with Crippen LogP contribution in [-0.2, 0) is 11.3 Å². The molecule has 0 bridgehead atoms. The number of hydrogen-bond acceptors (Lipinski definition) is 3. The minimum Gasteiger partial charge on any atom is -0.445 e. The van der Waals surface area contributed by atoms with Crippen LogP contribution in [0.25, 0.3) is 0 Å². The van der Waals surface area contributed by atoms with Gasteiger partial charge in [-0.3, -0.25) is 0 Å². The summed E-state index contributed by atoms with van der Waals surface area (Å²) in [6.07, 6.45) is 1.38. The van der Waals surface area contributed by atoms with Crippen LogP contribution in [0.15, 0.2) is 59.1 Å². The molecule has 0 aromatic heterocycles. The van der Waals surface area contributed by atoms with E-state index in [9.17, 15) is 4.79 Å². The Balaban J connectivity index is 1.18. The summed E-state index contributed by atoms with van der Waals surface area (Å²) in [5.41, 5.74) is 0.994. The van der Waals surface area contributed by atoms with Crippen LogP contribution in [0, 0.1) is 0 Å². The van der Waals surface area contributed by atoms with Crippen molar-refractivity contribution in [2.75, 3.05) is 19.6 Å². The van der Waals surface area contributed by atoms with Crippen molar-refractivity contribution in [3.63, 3.8) is 0 Å². The Morgan fingerprint density at radius 2 is 1.83 bits per heavy atom. The van der Waals surface area contributed by atoms with Gasteiger partial charge in [-0.25, -0.2) is 9.18 Å². The highest BCUT2D eigenvalue weighted by Crippen LogP contribution is 2.41. The first-order valence-electron chi connectivity index (χ1n) is 10.2. The molecule has 29 heavy (non-hydrogen) atoms. The van der Waals surface area contributed by atoms with Crippen molar-refractivity contribution < 1.29 is 13.9 Å². The van der Waals surface area contributed by atoms with E-state index in [1.54, 1.807) is 4.90 Å². The van der Waals surface area contributed by atoms with Gasteiger partial charge in [-0.05, 0) is 29.7 Å². The van der Waals surface area contributed by atoms with Gasteiger partial charge in [0.25, 0.3) is 0 Å².